The molecule has 2 aliphatic rings. The Labute approximate surface area is 118 Å². The summed E-state index contributed by atoms with van der Waals surface area (Å²) in [7, 11) is 0. The summed E-state index contributed by atoms with van der Waals surface area (Å²) in [5.41, 5.74) is 0.489. The molecule has 6 nitrogen and oxygen atoms in total. The molecule has 1 amide bonds. The maximum absolute atomic E-state index is 12.6. The minimum Gasteiger partial charge on any atom is -0.476 e. The lowest BCUT2D eigenvalue weighted by atomic mass is 10.0. The molecule has 1 aromatic heterocycles. The molecule has 1 atom stereocenters. The summed E-state index contributed by atoms with van der Waals surface area (Å²) in [6.07, 6.45) is 3.22. The molecule has 0 N–H and O–H groups in total. The van der Waals surface area contributed by atoms with Gasteiger partial charge in [0.1, 0.15) is 6.61 Å². The molecule has 0 aliphatic carbocycles. The van der Waals surface area contributed by atoms with Crippen LogP contribution in [-0.2, 0) is 11.3 Å². The fourth-order valence-electron chi connectivity index (χ4n) is 2.86. The van der Waals surface area contributed by atoms with E-state index in [2.05, 4.69) is 5.10 Å². The molecule has 2 aliphatic heterocycles. The fourth-order valence-corrected chi connectivity index (χ4v) is 2.86. The van der Waals surface area contributed by atoms with E-state index in [9.17, 15) is 4.79 Å². The zero-order valence-electron chi connectivity index (χ0n) is 11.9. The van der Waals surface area contributed by atoms with Gasteiger partial charge in [0.25, 0.3) is 5.91 Å². The number of likely N-dealkylation sites (tertiary alicyclic amines) is 1. The maximum atomic E-state index is 12.6. The van der Waals surface area contributed by atoms with Gasteiger partial charge in [0.05, 0.1) is 19.2 Å². The van der Waals surface area contributed by atoms with Crippen molar-refractivity contribution in [3.63, 3.8) is 0 Å². The highest BCUT2D eigenvalue weighted by Gasteiger charge is 2.30. The van der Waals surface area contributed by atoms with Gasteiger partial charge < -0.3 is 14.4 Å². The van der Waals surface area contributed by atoms with Gasteiger partial charge in [-0.2, -0.15) is 5.10 Å². The molecule has 3 heterocycles. The van der Waals surface area contributed by atoms with Gasteiger partial charge in [-0.15, -0.1) is 0 Å². The summed E-state index contributed by atoms with van der Waals surface area (Å²) in [5, 5.41) is 4.34. The second kappa shape index (κ2) is 5.83. The van der Waals surface area contributed by atoms with Crippen LogP contribution in [0.4, 0.5) is 0 Å². The average molecular weight is 279 g/mol. The van der Waals surface area contributed by atoms with Crippen LogP contribution in [-0.4, -0.2) is 53.0 Å². The summed E-state index contributed by atoms with van der Waals surface area (Å²) in [4.78, 5) is 14.5. The van der Waals surface area contributed by atoms with Gasteiger partial charge in [0.15, 0.2) is 5.69 Å². The van der Waals surface area contributed by atoms with Crippen LogP contribution < -0.4 is 4.74 Å². The number of carbonyl (C=O) groups is 1. The molecule has 1 aromatic rings. The Morgan fingerprint density at radius 1 is 1.50 bits per heavy atom. The van der Waals surface area contributed by atoms with E-state index in [1.807, 2.05) is 11.8 Å². The molecule has 20 heavy (non-hydrogen) atoms. The Morgan fingerprint density at radius 2 is 2.40 bits per heavy atom. The van der Waals surface area contributed by atoms with Crippen molar-refractivity contribution in [2.24, 2.45) is 0 Å². The molecular formula is C14H21N3O3. The van der Waals surface area contributed by atoms with Crippen molar-refractivity contribution in [2.75, 3.05) is 26.4 Å². The predicted octanol–water partition coefficient (Wildman–Crippen LogP) is 1.31. The smallest absolute Gasteiger partial charge is 0.274 e. The lowest BCUT2D eigenvalue weighted by Crippen LogP contribution is -2.46. The summed E-state index contributed by atoms with van der Waals surface area (Å²) < 4.78 is 12.7. The van der Waals surface area contributed by atoms with Gasteiger partial charge in [-0.25, -0.2) is 4.68 Å². The summed E-state index contributed by atoms with van der Waals surface area (Å²) >= 11 is 0. The van der Waals surface area contributed by atoms with Crippen LogP contribution in [0.2, 0.25) is 0 Å². The van der Waals surface area contributed by atoms with Gasteiger partial charge in [-0.05, 0) is 26.2 Å². The van der Waals surface area contributed by atoms with Crippen molar-refractivity contribution < 1.29 is 14.3 Å². The van der Waals surface area contributed by atoms with Crippen molar-refractivity contribution in [1.82, 2.24) is 14.7 Å². The highest BCUT2D eigenvalue weighted by molar-refractivity contribution is 5.93. The maximum Gasteiger partial charge on any atom is 0.274 e. The average Bonchev–Trinajstić information content (AvgIpc) is 3.06. The van der Waals surface area contributed by atoms with E-state index in [1.54, 1.807) is 10.7 Å². The number of aromatic nitrogens is 2. The molecule has 1 saturated heterocycles. The van der Waals surface area contributed by atoms with Crippen molar-refractivity contribution in [2.45, 2.75) is 38.8 Å². The number of amides is 1. The molecule has 0 aromatic carbocycles. The Hall–Kier alpha value is -1.56. The number of carbonyl (C=O) groups excluding carboxylic acids is 1. The Morgan fingerprint density at radius 3 is 3.20 bits per heavy atom. The lowest BCUT2D eigenvalue weighted by molar-refractivity contribution is 0.0337. The third-order valence-electron chi connectivity index (χ3n) is 3.92. The Kier molecular flexibility index (Phi) is 3.91. The highest BCUT2D eigenvalue weighted by atomic mass is 16.5. The monoisotopic (exact) mass is 279 g/mol. The van der Waals surface area contributed by atoms with Crippen LogP contribution in [0.25, 0.3) is 0 Å². The van der Waals surface area contributed by atoms with E-state index in [0.717, 1.165) is 32.4 Å². The zero-order chi connectivity index (χ0) is 13.9. The van der Waals surface area contributed by atoms with Gasteiger partial charge in [-0.3, -0.25) is 4.79 Å². The van der Waals surface area contributed by atoms with Crippen molar-refractivity contribution in [1.29, 1.82) is 0 Å². The zero-order valence-corrected chi connectivity index (χ0v) is 11.9. The van der Waals surface area contributed by atoms with E-state index < -0.39 is 0 Å². The first-order valence-electron chi connectivity index (χ1n) is 7.39. The van der Waals surface area contributed by atoms with Gasteiger partial charge in [0, 0.05) is 19.2 Å². The Balaban J connectivity index is 1.73. The lowest BCUT2D eigenvalue weighted by Gasteiger charge is -2.35. The number of rotatable bonds is 4. The number of ether oxygens (including phenoxy) is 2. The van der Waals surface area contributed by atoms with Gasteiger partial charge in [0.2, 0.25) is 5.88 Å². The molecule has 0 saturated carbocycles. The molecule has 0 spiro atoms. The highest BCUT2D eigenvalue weighted by Crippen LogP contribution is 2.23. The normalized spacial score (nSPS) is 21.6. The van der Waals surface area contributed by atoms with E-state index in [0.29, 0.717) is 31.4 Å². The molecule has 110 valence electrons. The second-order valence-corrected chi connectivity index (χ2v) is 5.25. The van der Waals surface area contributed by atoms with E-state index in [-0.39, 0.29) is 11.9 Å². The first-order valence-corrected chi connectivity index (χ1v) is 7.39. The first kappa shape index (κ1) is 13.4. The van der Waals surface area contributed by atoms with Crippen molar-refractivity contribution in [3.05, 3.63) is 11.8 Å². The number of hydrogen-bond acceptors (Lipinski definition) is 4. The minimum atomic E-state index is -0.0000898. The molecule has 0 radical (unpaired) electrons. The molecule has 6 heteroatoms. The first-order chi connectivity index (χ1) is 9.79. The molecule has 1 unspecified atom stereocenters. The summed E-state index contributed by atoms with van der Waals surface area (Å²) in [6, 6.07) is 1.93. The van der Waals surface area contributed by atoms with E-state index >= 15 is 0 Å². The molecule has 3 rings (SSSR count). The van der Waals surface area contributed by atoms with Crippen molar-refractivity contribution in [3.8, 4) is 5.88 Å². The predicted molar refractivity (Wildman–Crippen MR) is 72.9 cm³/mol. The topological polar surface area (TPSA) is 56.6 Å². The Bertz CT molecular complexity index is 465. The van der Waals surface area contributed by atoms with E-state index in [4.69, 9.17) is 9.47 Å². The summed E-state index contributed by atoms with van der Waals surface area (Å²) in [6.45, 7) is 5.45. The fraction of sp³-hybridized carbons (Fsp3) is 0.714. The van der Waals surface area contributed by atoms with Crippen molar-refractivity contribution >= 4 is 5.91 Å². The van der Waals surface area contributed by atoms with Crippen LogP contribution in [0.15, 0.2) is 6.07 Å². The quantitative estimate of drug-likeness (QED) is 0.834. The molecule has 1 fully saturated rings. The van der Waals surface area contributed by atoms with Crippen LogP contribution >= 0.6 is 0 Å². The minimum absolute atomic E-state index is 0.0000898. The van der Waals surface area contributed by atoms with Crippen LogP contribution in [0.1, 0.15) is 36.7 Å². The third-order valence-corrected chi connectivity index (χ3v) is 3.92. The van der Waals surface area contributed by atoms with Crippen LogP contribution in [0.3, 0.4) is 0 Å². The molecule has 0 bridgehead atoms. The number of fused-ring (bicyclic) bond motifs is 1. The SMILES string of the molecule is CCOCC1CCCCN1C(=O)c1cc2n(n1)CCO2. The number of hydrogen-bond donors (Lipinski definition) is 0. The van der Waals surface area contributed by atoms with Crippen LogP contribution in [0.5, 0.6) is 5.88 Å². The molecular weight excluding hydrogens is 258 g/mol. The standard InChI is InChI=1S/C14H21N3O3/c1-2-19-10-11-5-3-4-6-16(11)14(18)12-9-13-17(15-12)7-8-20-13/h9,11H,2-8,10H2,1H3. The number of piperidine rings is 1. The number of nitrogens with zero attached hydrogens (tertiary/aromatic N) is 3. The van der Waals surface area contributed by atoms with Crippen LogP contribution in [0, 0.1) is 0 Å². The summed E-state index contributed by atoms with van der Waals surface area (Å²) in [5.74, 6) is 0.701. The van der Waals surface area contributed by atoms with Gasteiger partial charge in [-0.1, -0.05) is 0 Å². The largest absolute Gasteiger partial charge is 0.476 e. The third kappa shape index (κ3) is 2.52. The second-order valence-electron chi connectivity index (χ2n) is 5.25. The van der Waals surface area contributed by atoms with Gasteiger partial charge >= 0.3 is 0 Å². The van der Waals surface area contributed by atoms with E-state index in [1.165, 1.54) is 0 Å².